The van der Waals surface area contributed by atoms with Gasteiger partial charge in [-0.3, -0.25) is 9.59 Å². The van der Waals surface area contributed by atoms with Gasteiger partial charge in [-0.15, -0.1) is 0 Å². The molecule has 4 heteroatoms. The van der Waals surface area contributed by atoms with E-state index in [0.29, 0.717) is 17.4 Å². The van der Waals surface area contributed by atoms with Gasteiger partial charge in [0.15, 0.2) is 0 Å². The minimum absolute atomic E-state index is 0.370. The highest BCUT2D eigenvalue weighted by Gasteiger charge is 2.23. The van der Waals surface area contributed by atoms with Gasteiger partial charge in [0.1, 0.15) is 11.4 Å². The molecule has 0 unspecified atom stereocenters. The Morgan fingerprint density at radius 2 is 1.60 bits per heavy atom. The largest absolute Gasteiger partial charge is 0.383 e. The lowest BCUT2D eigenvalue weighted by Gasteiger charge is -2.25. The van der Waals surface area contributed by atoms with Crippen molar-refractivity contribution in [1.82, 2.24) is 0 Å². The zero-order valence-electron chi connectivity index (χ0n) is 8.93. The fraction of sp³-hybridized carbons (Fsp3) is 0.636. The van der Waals surface area contributed by atoms with Gasteiger partial charge in [-0.25, -0.2) is 0 Å². The van der Waals surface area contributed by atoms with Crippen molar-refractivity contribution in [3.8, 4) is 0 Å². The van der Waals surface area contributed by atoms with Crippen LogP contribution < -0.4 is 21.5 Å². The average molecular weight is 208 g/mol. The minimum Gasteiger partial charge on any atom is -0.383 e. The highest BCUT2D eigenvalue weighted by molar-refractivity contribution is 5.73. The van der Waals surface area contributed by atoms with Crippen molar-refractivity contribution in [1.29, 1.82) is 0 Å². The van der Waals surface area contributed by atoms with E-state index in [9.17, 15) is 9.59 Å². The molecule has 15 heavy (non-hydrogen) atoms. The zero-order valence-corrected chi connectivity index (χ0v) is 8.93. The van der Waals surface area contributed by atoms with Gasteiger partial charge < -0.3 is 10.6 Å². The molecule has 2 N–H and O–H groups in total. The quantitative estimate of drug-likeness (QED) is 0.729. The summed E-state index contributed by atoms with van der Waals surface area (Å²) in [4.78, 5) is 22.4. The van der Waals surface area contributed by atoms with Gasteiger partial charge >= 0.3 is 0 Å². The molecule has 1 aromatic carbocycles. The maximum Gasteiger partial charge on any atom is 0.253 e. The SMILES string of the molecule is CNc1c(NC2CCCCC2)c(=O)c1=O. The van der Waals surface area contributed by atoms with Gasteiger partial charge in [0, 0.05) is 13.1 Å². The highest BCUT2D eigenvalue weighted by Crippen LogP contribution is 2.23. The van der Waals surface area contributed by atoms with E-state index < -0.39 is 5.43 Å². The topological polar surface area (TPSA) is 58.2 Å². The van der Waals surface area contributed by atoms with Crippen LogP contribution in [0.2, 0.25) is 0 Å². The van der Waals surface area contributed by atoms with Crippen LogP contribution in [0.1, 0.15) is 32.1 Å². The van der Waals surface area contributed by atoms with Crippen molar-refractivity contribution in [2.24, 2.45) is 0 Å². The first kappa shape index (κ1) is 10.2. The normalized spacial score (nSPS) is 17.9. The Bertz CT molecular complexity index is 412. The second-order valence-corrected chi connectivity index (χ2v) is 4.14. The highest BCUT2D eigenvalue weighted by atomic mass is 16.2. The first-order chi connectivity index (χ1) is 7.24. The molecule has 1 aromatic rings. The molecule has 0 heterocycles. The molecule has 2 rings (SSSR count). The van der Waals surface area contributed by atoms with E-state index in [2.05, 4.69) is 10.6 Å². The Morgan fingerprint density at radius 3 is 2.20 bits per heavy atom. The second kappa shape index (κ2) is 4.04. The summed E-state index contributed by atoms with van der Waals surface area (Å²) >= 11 is 0. The average Bonchev–Trinajstić information content (AvgIpc) is 2.29. The number of rotatable bonds is 3. The zero-order chi connectivity index (χ0) is 10.8. The van der Waals surface area contributed by atoms with Crippen LogP contribution in [-0.4, -0.2) is 13.1 Å². The molecule has 0 aromatic heterocycles. The summed E-state index contributed by atoms with van der Waals surface area (Å²) in [5, 5.41) is 5.95. The summed E-state index contributed by atoms with van der Waals surface area (Å²) in [6.07, 6.45) is 5.90. The third-order valence-corrected chi connectivity index (χ3v) is 3.11. The van der Waals surface area contributed by atoms with E-state index in [0.717, 1.165) is 12.8 Å². The standard InChI is InChI=1S/C11H16N2O2/c1-12-8-9(11(15)10(8)14)13-7-5-3-2-4-6-7/h7,12-13H,2-6H2,1H3. The molecule has 1 saturated carbocycles. The van der Waals surface area contributed by atoms with E-state index >= 15 is 0 Å². The Kier molecular flexibility index (Phi) is 2.75. The Balaban J connectivity index is 2.07. The summed E-state index contributed by atoms with van der Waals surface area (Å²) in [5.41, 5.74) is 0.181. The second-order valence-electron chi connectivity index (χ2n) is 4.14. The molecule has 4 nitrogen and oxygen atoms in total. The number of anilines is 2. The van der Waals surface area contributed by atoms with Crippen LogP contribution in [-0.2, 0) is 0 Å². The molecule has 0 amide bonds. The van der Waals surface area contributed by atoms with Crippen LogP contribution in [0.4, 0.5) is 11.4 Å². The Hall–Kier alpha value is -1.32. The van der Waals surface area contributed by atoms with Crippen LogP contribution in [0.15, 0.2) is 9.59 Å². The summed E-state index contributed by atoms with van der Waals surface area (Å²) in [6, 6.07) is 0.370. The van der Waals surface area contributed by atoms with E-state index in [-0.39, 0.29) is 5.43 Å². The van der Waals surface area contributed by atoms with E-state index in [1.54, 1.807) is 7.05 Å². The van der Waals surface area contributed by atoms with Crippen molar-refractivity contribution < 1.29 is 0 Å². The van der Waals surface area contributed by atoms with Crippen LogP contribution in [0.5, 0.6) is 0 Å². The van der Waals surface area contributed by atoms with Crippen molar-refractivity contribution in [3.63, 3.8) is 0 Å². The molecule has 82 valence electrons. The molecule has 0 aliphatic heterocycles. The molecule has 1 aliphatic rings. The lowest BCUT2D eigenvalue weighted by Crippen LogP contribution is -2.39. The Morgan fingerprint density at radius 1 is 1.00 bits per heavy atom. The van der Waals surface area contributed by atoms with Gasteiger partial charge in [0.25, 0.3) is 10.9 Å². The van der Waals surface area contributed by atoms with E-state index in [4.69, 9.17) is 0 Å². The predicted molar refractivity (Wildman–Crippen MR) is 61.4 cm³/mol. The molecule has 0 bridgehead atoms. The van der Waals surface area contributed by atoms with Crippen LogP contribution >= 0.6 is 0 Å². The molecule has 0 radical (unpaired) electrons. The fourth-order valence-electron chi connectivity index (χ4n) is 2.22. The van der Waals surface area contributed by atoms with Gasteiger partial charge in [-0.05, 0) is 12.8 Å². The maximum atomic E-state index is 11.3. The van der Waals surface area contributed by atoms with E-state index in [1.165, 1.54) is 19.3 Å². The third kappa shape index (κ3) is 1.76. The first-order valence-electron chi connectivity index (χ1n) is 5.51. The molecule has 0 atom stereocenters. The van der Waals surface area contributed by atoms with Crippen molar-refractivity contribution >= 4 is 11.4 Å². The molecule has 1 aliphatic carbocycles. The monoisotopic (exact) mass is 208 g/mol. The van der Waals surface area contributed by atoms with Crippen LogP contribution in [0.25, 0.3) is 0 Å². The molecule has 0 saturated heterocycles. The fourth-order valence-corrected chi connectivity index (χ4v) is 2.22. The number of hydrogen-bond donors (Lipinski definition) is 2. The maximum absolute atomic E-state index is 11.3. The smallest absolute Gasteiger partial charge is 0.253 e. The summed E-state index contributed by atoms with van der Waals surface area (Å²) < 4.78 is 0. The number of hydrogen-bond acceptors (Lipinski definition) is 4. The molecular formula is C11H16N2O2. The predicted octanol–water partition coefficient (Wildman–Crippen LogP) is 1.07. The summed E-state index contributed by atoms with van der Waals surface area (Å²) in [7, 11) is 1.67. The van der Waals surface area contributed by atoms with E-state index in [1.807, 2.05) is 0 Å². The van der Waals surface area contributed by atoms with Gasteiger partial charge in [0.05, 0.1) is 0 Å². The molecule has 0 spiro atoms. The lowest BCUT2D eigenvalue weighted by atomic mass is 9.95. The summed E-state index contributed by atoms with van der Waals surface area (Å²) in [5.74, 6) is 0. The van der Waals surface area contributed by atoms with Crippen molar-refractivity contribution in [2.75, 3.05) is 17.7 Å². The van der Waals surface area contributed by atoms with Crippen molar-refractivity contribution in [2.45, 2.75) is 38.1 Å². The third-order valence-electron chi connectivity index (χ3n) is 3.11. The molecule has 1 fully saturated rings. The van der Waals surface area contributed by atoms with Crippen LogP contribution in [0, 0.1) is 0 Å². The lowest BCUT2D eigenvalue weighted by molar-refractivity contribution is 0.462. The number of nitrogens with one attached hydrogen (secondary N) is 2. The van der Waals surface area contributed by atoms with Gasteiger partial charge in [-0.2, -0.15) is 0 Å². The molecular weight excluding hydrogens is 192 g/mol. The van der Waals surface area contributed by atoms with Crippen LogP contribution in [0.3, 0.4) is 0 Å². The van der Waals surface area contributed by atoms with Gasteiger partial charge in [0.2, 0.25) is 0 Å². The Labute approximate surface area is 88.4 Å². The van der Waals surface area contributed by atoms with Gasteiger partial charge in [-0.1, -0.05) is 19.3 Å². The first-order valence-corrected chi connectivity index (χ1v) is 5.51. The minimum atomic E-state index is -0.393. The van der Waals surface area contributed by atoms with Crippen molar-refractivity contribution in [3.05, 3.63) is 20.4 Å². The summed E-state index contributed by atoms with van der Waals surface area (Å²) in [6.45, 7) is 0.